The third-order valence-electron chi connectivity index (χ3n) is 4.37. The van der Waals surface area contributed by atoms with E-state index in [2.05, 4.69) is 75.9 Å². The second-order valence-electron chi connectivity index (χ2n) is 6.56. The van der Waals surface area contributed by atoms with Crippen molar-refractivity contribution in [2.45, 2.75) is 47.0 Å². The topological polar surface area (TPSA) is 12.4 Å². The maximum atomic E-state index is 4.92. The Balaban J connectivity index is 2.34. The molecule has 25 heavy (non-hydrogen) atoms. The van der Waals surface area contributed by atoms with Crippen molar-refractivity contribution in [3.63, 3.8) is 0 Å². The Morgan fingerprint density at radius 1 is 1.08 bits per heavy atom. The molecule has 0 bridgehead atoms. The number of rotatable bonds is 7. The molecule has 0 atom stereocenters. The summed E-state index contributed by atoms with van der Waals surface area (Å²) in [6, 6.07) is 14.9. The number of aliphatic imine (C=N–C) groups is 1. The van der Waals surface area contributed by atoms with E-state index >= 15 is 0 Å². The molecule has 0 amide bonds. The third-order valence-corrected chi connectivity index (χ3v) is 4.37. The van der Waals surface area contributed by atoms with Crippen LogP contribution in [0.25, 0.3) is 5.57 Å². The number of allylic oxidation sites excluding steroid dienone is 3. The zero-order valence-electron chi connectivity index (χ0n) is 16.0. The van der Waals surface area contributed by atoms with Crippen LogP contribution < -0.4 is 0 Å². The first-order valence-electron chi connectivity index (χ1n) is 9.08. The Kier molecular flexibility index (Phi) is 6.94. The van der Waals surface area contributed by atoms with Crippen LogP contribution in [0.1, 0.15) is 48.9 Å². The van der Waals surface area contributed by atoms with E-state index in [1.807, 2.05) is 13.0 Å². The van der Waals surface area contributed by atoms with E-state index in [1.165, 1.54) is 22.3 Å². The van der Waals surface area contributed by atoms with Crippen molar-refractivity contribution in [2.24, 2.45) is 4.99 Å². The summed E-state index contributed by atoms with van der Waals surface area (Å²) < 4.78 is 0. The third kappa shape index (κ3) is 5.29. The van der Waals surface area contributed by atoms with Gasteiger partial charge in [0.15, 0.2) is 0 Å². The van der Waals surface area contributed by atoms with Gasteiger partial charge in [-0.15, -0.1) is 0 Å². The minimum atomic E-state index is 0.853. The van der Waals surface area contributed by atoms with Crippen LogP contribution in [0.2, 0.25) is 0 Å². The van der Waals surface area contributed by atoms with Crippen molar-refractivity contribution in [2.75, 3.05) is 0 Å². The van der Waals surface area contributed by atoms with Crippen LogP contribution in [0.15, 0.2) is 66.2 Å². The highest BCUT2D eigenvalue weighted by Crippen LogP contribution is 2.27. The van der Waals surface area contributed by atoms with Gasteiger partial charge in [0.25, 0.3) is 0 Å². The van der Waals surface area contributed by atoms with Gasteiger partial charge in [-0.1, -0.05) is 62.4 Å². The largest absolute Gasteiger partial charge is 0.253 e. The molecule has 0 spiro atoms. The molecule has 0 aliphatic carbocycles. The van der Waals surface area contributed by atoms with E-state index in [9.17, 15) is 0 Å². The second kappa shape index (κ2) is 9.17. The van der Waals surface area contributed by atoms with Crippen molar-refractivity contribution >= 4 is 17.0 Å². The predicted octanol–water partition coefficient (Wildman–Crippen LogP) is 7.01. The number of hydrogen-bond donors (Lipinski definition) is 0. The number of nitrogens with zero attached hydrogens (tertiary/aromatic N) is 1. The van der Waals surface area contributed by atoms with Crippen molar-refractivity contribution in [3.05, 3.63) is 83.4 Å². The number of hydrogen-bond acceptors (Lipinski definition) is 1. The van der Waals surface area contributed by atoms with Crippen molar-refractivity contribution < 1.29 is 0 Å². The van der Waals surface area contributed by atoms with Gasteiger partial charge in [-0.3, -0.25) is 4.99 Å². The van der Waals surface area contributed by atoms with Crippen LogP contribution in [-0.4, -0.2) is 5.71 Å². The molecule has 0 aromatic heterocycles. The molecule has 0 fully saturated rings. The fraction of sp³-hybridized carbons (Fsp3) is 0.292. The summed E-state index contributed by atoms with van der Waals surface area (Å²) in [6.07, 6.45) is 7.14. The van der Waals surface area contributed by atoms with Gasteiger partial charge in [-0.25, -0.2) is 0 Å². The molecule has 1 nitrogen and oxygen atoms in total. The van der Waals surface area contributed by atoms with Crippen LogP contribution in [0.3, 0.4) is 0 Å². The summed E-state index contributed by atoms with van der Waals surface area (Å²) in [5.74, 6) is 0. The van der Waals surface area contributed by atoms with E-state index in [-0.39, 0.29) is 0 Å². The summed E-state index contributed by atoms with van der Waals surface area (Å²) in [5, 5.41) is 0. The monoisotopic (exact) mass is 331 g/mol. The van der Waals surface area contributed by atoms with E-state index in [0.29, 0.717) is 0 Å². The van der Waals surface area contributed by atoms with Crippen LogP contribution in [0.5, 0.6) is 0 Å². The molecule has 0 N–H and O–H groups in total. The molecule has 2 aromatic carbocycles. The van der Waals surface area contributed by atoms with Crippen molar-refractivity contribution in [3.8, 4) is 0 Å². The lowest BCUT2D eigenvalue weighted by Crippen LogP contribution is -1.96. The SMILES string of the molecule is C=C(Cc1cc(N=C(/C=C\C)CCC)c(C)cc1C)c1ccccc1. The van der Waals surface area contributed by atoms with Crippen LogP contribution in [0.4, 0.5) is 5.69 Å². The summed E-state index contributed by atoms with van der Waals surface area (Å²) in [5.41, 5.74) is 8.39. The molecule has 0 unspecified atom stereocenters. The molecule has 0 aliphatic heterocycles. The second-order valence-corrected chi connectivity index (χ2v) is 6.56. The lowest BCUT2D eigenvalue weighted by Gasteiger charge is -2.12. The van der Waals surface area contributed by atoms with Crippen LogP contribution in [0, 0.1) is 13.8 Å². The molecule has 0 aliphatic rings. The van der Waals surface area contributed by atoms with Gasteiger partial charge < -0.3 is 0 Å². The highest BCUT2D eigenvalue weighted by Gasteiger charge is 2.08. The zero-order valence-corrected chi connectivity index (χ0v) is 16.0. The zero-order chi connectivity index (χ0) is 18.2. The first-order valence-corrected chi connectivity index (χ1v) is 9.08. The average molecular weight is 332 g/mol. The standard InChI is InChI=1S/C24H29N/c1-6-11-23(12-7-2)25-24-17-22(18(3)15-20(24)5)16-19(4)21-13-9-8-10-14-21/h6,8-11,13-15,17H,4,7,12,16H2,1-3,5H3/b11-6-,25-23?. The van der Waals surface area contributed by atoms with Crippen LogP contribution in [-0.2, 0) is 6.42 Å². The summed E-state index contributed by atoms with van der Waals surface area (Å²) in [7, 11) is 0. The highest BCUT2D eigenvalue weighted by molar-refractivity contribution is 5.96. The molecular formula is C24H29N. The number of benzene rings is 2. The summed E-state index contributed by atoms with van der Waals surface area (Å²) >= 11 is 0. The lowest BCUT2D eigenvalue weighted by atomic mass is 9.95. The first kappa shape index (κ1) is 18.9. The highest BCUT2D eigenvalue weighted by atomic mass is 14.7. The van der Waals surface area contributed by atoms with Gasteiger partial charge in [0.2, 0.25) is 0 Å². The molecule has 130 valence electrons. The molecule has 2 aromatic rings. The van der Waals surface area contributed by atoms with E-state index < -0.39 is 0 Å². The molecule has 2 rings (SSSR count). The Labute approximate surface area is 152 Å². The van der Waals surface area contributed by atoms with Gasteiger partial charge in [0.1, 0.15) is 0 Å². The molecule has 0 saturated carbocycles. The Morgan fingerprint density at radius 2 is 1.80 bits per heavy atom. The molecule has 0 radical (unpaired) electrons. The molecular weight excluding hydrogens is 302 g/mol. The van der Waals surface area contributed by atoms with Crippen molar-refractivity contribution in [1.29, 1.82) is 0 Å². The van der Waals surface area contributed by atoms with Crippen LogP contribution >= 0.6 is 0 Å². The average Bonchev–Trinajstić information content (AvgIpc) is 2.60. The Bertz CT molecular complexity index is 779. The van der Waals surface area contributed by atoms with Gasteiger partial charge >= 0.3 is 0 Å². The molecule has 0 saturated heterocycles. The smallest absolute Gasteiger partial charge is 0.0665 e. The summed E-state index contributed by atoms with van der Waals surface area (Å²) in [4.78, 5) is 4.92. The first-order chi connectivity index (χ1) is 12.0. The predicted molar refractivity (Wildman–Crippen MR) is 112 cm³/mol. The summed E-state index contributed by atoms with van der Waals surface area (Å²) in [6.45, 7) is 12.8. The van der Waals surface area contributed by atoms with Gasteiger partial charge in [0.05, 0.1) is 5.69 Å². The molecule has 0 heterocycles. The van der Waals surface area contributed by atoms with Crippen molar-refractivity contribution in [1.82, 2.24) is 0 Å². The van der Waals surface area contributed by atoms with E-state index in [4.69, 9.17) is 4.99 Å². The fourth-order valence-electron chi connectivity index (χ4n) is 2.98. The number of aryl methyl sites for hydroxylation is 2. The fourth-order valence-corrected chi connectivity index (χ4v) is 2.98. The quantitative estimate of drug-likeness (QED) is 0.484. The molecule has 1 heteroatoms. The lowest BCUT2D eigenvalue weighted by molar-refractivity contribution is 0.995. The Hall–Kier alpha value is -2.41. The maximum Gasteiger partial charge on any atom is 0.0665 e. The van der Waals surface area contributed by atoms with Gasteiger partial charge in [-0.2, -0.15) is 0 Å². The minimum Gasteiger partial charge on any atom is -0.253 e. The normalized spacial score (nSPS) is 11.9. The van der Waals surface area contributed by atoms with E-state index in [0.717, 1.165) is 36.2 Å². The maximum absolute atomic E-state index is 4.92. The van der Waals surface area contributed by atoms with Gasteiger partial charge in [-0.05, 0) is 73.6 Å². The van der Waals surface area contributed by atoms with E-state index in [1.54, 1.807) is 0 Å². The minimum absolute atomic E-state index is 0.853. The Morgan fingerprint density at radius 3 is 2.44 bits per heavy atom. The van der Waals surface area contributed by atoms with Gasteiger partial charge in [0, 0.05) is 5.71 Å².